The van der Waals surface area contributed by atoms with Crippen LogP contribution in [0, 0.1) is 9.49 Å². The fraction of sp³-hybridized carbons (Fsp3) is 0.750. The van der Waals surface area contributed by atoms with E-state index >= 15 is 0 Å². The second kappa shape index (κ2) is 6.77. The minimum absolute atomic E-state index is 0.0481. The van der Waals surface area contributed by atoms with Crippen LogP contribution in [0.3, 0.4) is 0 Å². The standard InChI is InChI=1S/C16H24IN3O/c1-18-15-12(17)13(10-8-9-10)19-16(20-15)14(21-2)11-6-4-3-5-7-11/h10-11,14H,3-9H2,1-2H3,(H,18,19,20). The Labute approximate surface area is 140 Å². The largest absolute Gasteiger partial charge is 0.373 e. The summed E-state index contributed by atoms with van der Waals surface area (Å²) in [4.78, 5) is 9.66. The number of nitrogens with one attached hydrogen (secondary N) is 1. The summed E-state index contributed by atoms with van der Waals surface area (Å²) in [5.41, 5.74) is 1.22. The van der Waals surface area contributed by atoms with Crippen molar-refractivity contribution in [1.82, 2.24) is 9.97 Å². The van der Waals surface area contributed by atoms with E-state index < -0.39 is 0 Å². The van der Waals surface area contributed by atoms with Crippen molar-refractivity contribution in [2.24, 2.45) is 5.92 Å². The minimum Gasteiger partial charge on any atom is -0.373 e. The van der Waals surface area contributed by atoms with E-state index in [9.17, 15) is 0 Å². The van der Waals surface area contributed by atoms with Crippen molar-refractivity contribution in [3.05, 3.63) is 15.1 Å². The Hall–Kier alpha value is -0.430. The van der Waals surface area contributed by atoms with E-state index in [2.05, 4.69) is 27.9 Å². The van der Waals surface area contributed by atoms with Gasteiger partial charge >= 0.3 is 0 Å². The van der Waals surface area contributed by atoms with Crippen LogP contribution in [0.25, 0.3) is 0 Å². The maximum absolute atomic E-state index is 5.82. The number of rotatable bonds is 5. The summed E-state index contributed by atoms with van der Waals surface area (Å²) in [6.07, 6.45) is 9.02. The number of hydrogen-bond acceptors (Lipinski definition) is 4. The number of aromatic nitrogens is 2. The Balaban J connectivity index is 1.93. The van der Waals surface area contributed by atoms with Gasteiger partial charge in [-0.2, -0.15) is 0 Å². The first-order chi connectivity index (χ1) is 10.2. The van der Waals surface area contributed by atoms with E-state index in [1.165, 1.54) is 54.2 Å². The fourth-order valence-electron chi connectivity index (χ4n) is 3.35. The molecule has 0 aliphatic heterocycles. The van der Waals surface area contributed by atoms with Crippen LogP contribution < -0.4 is 5.32 Å². The first-order valence-electron chi connectivity index (χ1n) is 8.02. The molecule has 1 unspecified atom stereocenters. The van der Waals surface area contributed by atoms with Gasteiger partial charge in [-0.25, -0.2) is 9.97 Å². The molecule has 2 fully saturated rings. The molecule has 0 spiro atoms. The van der Waals surface area contributed by atoms with E-state index in [-0.39, 0.29) is 6.10 Å². The summed E-state index contributed by atoms with van der Waals surface area (Å²) < 4.78 is 7.00. The molecule has 4 nitrogen and oxygen atoms in total. The van der Waals surface area contributed by atoms with Gasteiger partial charge in [-0.15, -0.1) is 0 Å². The van der Waals surface area contributed by atoms with Crippen LogP contribution in [-0.2, 0) is 4.74 Å². The SMILES string of the molecule is CNc1nc(C(OC)C2CCCCC2)nc(C2CC2)c1I. The van der Waals surface area contributed by atoms with Crippen LogP contribution in [0.2, 0.25) is 0 Å². The quantitative estimate of drug-likeness (QED) is 0.749. The van der Waals surface area contributed by atoms with Crippen molar-refractivity contribution >= 4 is 28.4 Å². The molecule has 0 radical (unpaired) electrons. The van der Waals surface area contributed by atoms with Crippen LogP contribution in [0.1, 0.15) is 68.5 Å². The highest BCUT2D eigenvalue weighted by Crippen LogP contribution is 2.43. The number of nitrogens with zero attached hydrogens (tertiary/aromatic N) is 2. The maximum atomic E-state index is 5.82. The van der Waals surface area contributed by atoms with Gasteiger partial charge in [0.2, 0.25) is 0 Å². The summed E-state index contributed by atoms with van der Waals surface area (Å²) in [7, 11) is 3.74. The van der Waals surface area contributed by atoms with Gasteiger partial charge in [0.25, 0.3) is 0 Å². The van der Waals surface area contributed by atoms with Crippen LogP contribution in [0.4, 0.5) is 5.82 Å². The average Bonchev–Trinajstić information content (AvgIpc) is 3.35. The molecule has 1 N–H and O–H groups in total. The molecule has 1 heterocycles. The van der Waals surface area contributed by atoms with Gasteiger partial charge in [-0.3, -0.25) is 0 Å². The highest BCUT2D eigenvalue weighted by Gasteiger charge is 2.33. The van der Waals surface area contributed by atoms with Gasteiger partial charge in [0.05, 0.1) is 9.26 Å². The predicted octanol–water partition coefficient (Wildman–Crippen LogP) is 4.27. The number of hydrogen-bond donors (Lipinski definition) is 1. The van der Waals surface area contributed by atoms with E-state index in [1.807, 2.05) is 7.05 Å². The first-order valence-corrected chi connectivity index (χ1v) is 9.10. The maximum Gasteiger partial charge on any atom is 0.160 e. The minimum atomic E-state index is 0.0481. The Bertz CT molecular complexity index is 499. The van der Waals surface area contributed by atoms with Gasteiger partial charge < -0.3 is 10.1 Å². The average molecular weight is 401 g/mol. The summed E-state index contributed by atoms with van der Waals surface area (Å²) in [5, 5.41) is 3.23. The Morgan fingerprint density at radius 3 is 2.43 bits per heavy atom. The molecule has 1 aromatic heterocycles. The number of anilines is 1. The van der Waals surface area contributed by atoms with Crippen LogP contribution >= 0.6 is 22.6 Å². The van der Waals surface area contributed by atoms with Crippen molar-refractivity contribution < 1.29 is 4.74 Å². The second-order valence-corrected chi connectivity index (χ2v) is 7.29. The Morgan fingerprint density at radius 2 is 1.86 bits per heavy atom. The van der Waals surface area contributed by atoms with Gasteiger partial charge in [0.1, 0.15) is 11.9 Å². The summed E-state index contributed by atoms with van der Waals surface area (Å²) in [6.45, 7) is 0. The molecule has 2 saturated carbocycles. The van der Waals surface area contributed by atoms with Crippen molar-refractivity contribution in [2.45, 2.75) is 57.0 Å². The number of methoxy groups -OCH3 is 1. The molecule has 5 heteroatoms. The van der Waals surface area contributed by atoms with Crippen molar-refractivity contribution in [1.29, 1.82) is 0 Å². The second-order valence-electron chi connectivity index (χ2n) is 6.21. The lowest BCUT2D eigenvalue weighted by Crippen LogP contribution is -2.21. The summed E-state index contributed by atoms with van der Waals surface area (Å²) >= 11 is 2.37. The van der Waals surface area contributed by atoms with Gasteiger partial charge in [-0.1, -0.05) is 19.3 Å². The van der Waals surface area contributed by atoms with E-state index in [1.54, 1.807) is 7.11 Å². The lowest BCUT2D eigenvalue weighted by atomic mass is 9.85. The molecule has 2 aliphatic carbocycles. The lowest BCUT2D eigenvalue weighted by Gasteiger charge is -2.28. The molecule has 0 amide bonds. The molecule has 0 bridgehead atoms. The normalized spacial score (nSPS) is 21.3. The topological polar surface area (TPSA) is 47.0 Å². The number of halogens is 1. The summed E-state index contributed by atoms with van der Waals surface area (Å²) in [5.74, 6) is 3.05. The zero-order valence-corrected chi connectivity index (χ0v) is 15.0. The molecule has 116 valence electrons. The monoisotopic (exact) mass is 401 g/mol. The van der Waals surface area contributed by atoms with E-state index in [4.69, 9.17) is 14.7 Å². The number of ether oxygens (including phenoxy) is 1. The lowest BCUT2D eigenvalue weighted by molar-refractivity contribution is 0.0288. The van der Waals surface area contributed by atoms with Crippen molar-refractivity contribution in [3.8, 4) is 0 Å². The van der Waals surface area contributed by atoms with Crippen molar-refractivity contribution in [2.75, 3.05) is 19.5 Å². The molecule has 1 atom stereocenters. The Kier molecular flexibility index (Phi) is 4.99. The molecule has 3 rings (SSSR count). The highest BCUT2D eigenvalue weighted by molar-refractivity contribution is 14.1. The first kappa shape index (κ1) is 15.5. The van der Waals surface area contributed by atoms with Crippen molar-refractivity contribution in [3.63, 3.8) is 0 Å². The van der Waals surface area contributed by atoms with E-state index in [0.717, 1.165) is 11.6 Å². The molecular weight excluding hydrogens is 377 g/mol. The van der Waals surface area contributed by atoms with Crippen LogP contribution in [-0.4, -0.2) is 24.1 Å². The van der Waals surface area contributed by atoms with Gasteiger partial charge in [0, 0.05) is 20.1 Å². The fourth-order valence-corrected chi connectivity index (χ4v) is 4.30. The third-order valence-corrected chi connectivity index (χ3v) is 5.74. The third-order valence-electron chi connectivity index (χ3n) is 4.68. The summed E-state index contributed by atoms with van der Waals surface area (Å²) in [6, 6.07) is 0. The van der Waals surface area contributed by atoms with Gasteiger partial charge in [-0.05, 0) is 54.2 Å². The third kappa shape index (κ3) is 3.33. The molecular formula is C16H24IN3O. The van der Waals surface area contributed by atoms with Crippen LogP contribution in [0.5, 0.6) is 0 Å². The molecule has 21 heavy (non-hydrogen) atoms. The highest BCUT2D eigenvalue weighted by atomic mass is 127. The smallest absolute Gasteiger partial charge is 0.160 e. The Morgan fingerprint density at radius 1 is 1.14 bits per heavy atom. The van der Waals surface area contributed by atoms with Crippen LogP contribution in [0.15, 0.2) is 0 Å². The molecule has 0 aromatic carbocycles. The molecule has 2 aliphatic rings. The van der Waals surface area contributed by atoms with Gasteiger partial charge in [0.15, 0.2) is 5.82 Å². The van der Waals surface area contributed by atoms with E-state index in [0.29, 0.717) is 11.8 Å². The zero-order chi connectivity index (χ0) is 14.8. The molecule has 1 aromatic rings. The zero-order valence-electron chi connectivity index (χ0n) is 12.9. The molecule has 0 saturated heterocycles. The predicted molar refractivity (Wildman–Crippen MR) is 92.6 cm³/mol.